The van der Waals surface area contributed by atoms with Crippen LogP contribution in [0.2, 0.25) is 0 Å². The Labute approximate surface area is 201 Å². The van der Waals surface area contributed by atoms with E-state index in [0.717, 1.165) is 0 Å². The van der Waals surface area contributed by atoms with Crippen molar-refractivity contribution in [1.29, 1.82) is 0 Å². The Kier molecular flexibility index (Phi) is 9.43. The number of fused-ring (bicyclic) bond motifs is 2. The zero-order valence-corrected chi connectivity index (χ0v) is 20.1. The molecule has 0 radical (unpaired) electrons. The normalized spacial score (nSPS) is 32.9. The molecule has 3 saturated heterocycles. The maximum Gasteiger partial charge on any atom is 0.242 e. The SMILES string of the molecule is CC(=O)CCSC1CC(=O)N(CCOCCOC[C@@]23CO[C@@H](O2)[C@@H](NC(C)=O)[C@@H](O)[C@H]3O)C1=O. The van der Waals surface area contributed by atoms with Crippen molar-refractivity contribution in [2.24, 2.45) is 0 Å². The molecule has 6 atom stereocenters. The van der Waals surface area contributed by atoms with E-state index < -0.39 is 35.4 Å². The molecule has 192 valence electrons. The zero-order valence-electron chi connectivity index (χ0n) is 19.3. The van der Waals surface area contributed by atoms with Crippen molar-refractivity contribution in [3.05, 3.63) is 0 Å². The van der Waals surface area contributed by atoms with E-state index in [1.807, 2.05) is 0 Å². The molecule has 3 aliphatic rings. The second-order valence-corrected chi connectivity index (χ2v) is 9.90. The number of aliphatic hydroxyl groups is 2. The second-order valence-electron chi connectivity index (χ2n) is 8.59. The smallest absolute Gasteiger partial charge is 0.242 e. The Morgan fingerprint density at radius 3 is 2.65 bits per heavy atom. The average Bonchev–Trinajstić information content (AvgIpc) is 3.29. The molecule has 0 aromatic carbocycles. The fraction of sp³-hybridized carbons (Fsp3) is 0.810. The maximum absolute atomic E-state index is 12.4. The van der Waals surface area contributed by atoms with Gasteiger partial charge in [0.1, 0.15) is 29.6 Å². The highest BCUT2D eigenvalue weighted by atomic mass is 32.2. The lowest BCUT2D eigenvalue weighted by atomic mass is 9.88. The Morgan fingerprint density at radius 2 is 1.94 bits per heavy atom. The van der Waals surface area contributed by atoms with Gasteiger partial charge in [0.15, 0.2) is 6.29 Å². The summed E-state index contributed by atoms with van der Waals surface area (Å²) in [7, 11) is 0. The van der Waals surface area contributed by atoms with Crippen molar-refractivity contribution in [3.8, 4) is 0 Å². The fourth-order valence-corrected chi connectivity index (χ4v) is 5.28. The van der Waals surface area contributed by atoms with E-state index in [0.29, 0.717) is 12.2 Å². The van der Waals surface area contributed by atoms with Gasteiger partial charge >= 0.3 is 0 Å². The molecule has 0 aliphatic carbocycles. The van der Waals surface area contributed by atoms with Gasteiger partial charge in [0.25, 0.3) is 0 Å². The predicted molar refractivity (Wildman–Crippen MR) is 118 cm³/mol. The van der Waals surface area contributed by atoms with Crippen LogP contribution in [-0.2, 0) is 38.1 Å². The van der Waals surface area contributed by atoms with E-state index in [-0.39, 0.29) is 69.5 Å². The molecule has 0 spiro atoms. The Hall–Kier alpha value is -1.61. The van der Waals surface area contributed by atoms with E-state index >= 15 is 0 Å². The average molecular weight is 505 g/mol. The van der Waals surface area contributed by atoms with E-state index in [4.69, 9.17) is 18.9 Å². The highest BCUT2D eigenvalue weighted by Gasteiger charge is 2.59. The minimum Gasteiger partial charge on any atom is -0.388 e. The monoisotopic (exact) mass is 504 g/mol. The molecular weight excluding hydrogens is 472 g/mol. The van der Waals surface area contributed by atoms with E-state index in [1.165, 1.54) is 30.5 Å². The number of ketones is 1. The van der Waals surface area contributed by atoms with Crippen LogP contribution in [0.3, 0.4) is 0 Å². The number of nitrogens with one attached hydrogen (secondary N) is 1. The van der Waals surface area contributed by atoms with Gasteiger partial charge in [-0.2, -0.15) is 0 Å². The van der Waals surface area contributed by atoms with Crippen molar-refractivity contribution in [3.63, 3.8) is 0 Å². The van der Waals surface area contributed by atoms with E-state index in [2.05, 4.69) is 5.32 Å². The number of nitrogens with zero attached hydrogens (tertiary/aromatic N) is 1. The number of ether oxygens (including phenoxy) is 4. The first-order valence-corrected chi connectivity index (χ1v) is 12.2. The number of rotatable bonds is 13. The molecule has 3 N–H and O–H groups in total. The van der Waals surface area contributed by atoms with Gasteiger partial charge in [0, 0.05) is 25.5 Å². The molecule has 3 fully saturated rings. The first-order chi connectivity index (χ1) is 16.1. The molecule has 1 unspecified atom stereocenters. The van der Waals surface area contributed by atoms with Gasteiger partial charge in [-0.1, -0.05) is 0 Å². The van der Waals surface area contributed by atoms with Gasteiger partial charge in [-0.3, -0.25) is 24.1 Å². The summed E-state index contributed by atoms with van der Waals surface area (Å²) in [6.07, 6.45) is -2.98. The van der Waals surface area contributed by atoms with Gasteiger partial charge < -0.3 is 34.5 Å². The first-order valence-electron chi connectivity index (χ1n) is 11.2. The molecule has 3 rings (SSSR count). The van der Waals surface area contributed by atoms with Crippen LogP contribution in [0.15, 0.2) is 0 Å². The van der Waals surface area contributed by atoms with Crippen LogP contribution in [-0.4, -0.2) is 119 Å². The summed E-state index contributed by atoms with van der Waals surface area (Å²) >= 11 is 1.33. The highest BCUT2D eigenvalue weighted by Crippen LogP contribution is 2.37. The van der Waals surface area contributed by atoms with Gasteiger partial charge in [-0.25, -0.2) is 0 Å². The molecule has 13 heteroatoms. The molecule has 3 heterocycles. The third-order valence-electron chi connectivity index (χ3n) is 5.89. The minimum atomic E-state index is -1.32. The van der Waals surface area contributed by atoms with Crippen molar-refractivity contribution in [1.82, 2.24) is 10.2 Å². The van der Waals surface area contributed by atoms with Gasteiger partial charge in [0.2, 0.25) is 17.7 Å². The van der Waals surface area contributed by atoms with Crippen LogP contribution in [0.4, 0.5) is 0 Å². The second kappa shape index (κ2) is 11.9. The molecule has 12 nitrogen and oxygen atoms in total. The quantitative estimate of drug-likeness (QED) is 0.192. The summed E-state index contributed by atoms with van der Waals surface area (Å²) in [5, 5.41) is 22.9. The molecular formula is C21H32N2O10S. The number of thioether (sulfide) groups is 1. The molecule has 0 saturated carbocycles. The summed E-state index contributed by atoms with van der Waals surface area (Å²) in [5.41, 5.74) is -1.25. The fourth-order valence-electron chi connectivity index (χ4n) is 4.06. The van der Waals surface area contributed by atoms with Crippen molar-refractivity contribution in [2.75, 3.05) is 45.3 Å². The predicted octanol–water partition coefficient (Wildman–Crippen LogP) is -1.79. The maximum atomic E-state index is 12.4. The standard InChI is InChI=1S/C21H32N2O10S/c1-12(24)3-8-34-14-9-15(26)23(19(14)29)4-5-30-6-7-31-10-21-11-32-20(33-21)16(22-13(2)25)17(27)18(21)28/h14,16-18,20,27-28H,3-11H2,1-2H3,(H,22,25)/t14?,16-,17+,18+,20-,21-/m0/s1. The van der Waals surface area contributed by atoms with Crippen molar-refractivity contribution < 1.29 is 48.3 Å². The number of imide groups is 1. The Morgan fingerprint density at radius 1 is 1.21 bits per heavy atom. The van der Waals surface area contributed by atoms with Crippen LogP contribution >= 0.6 is 11.8 Å². The Bertz CT molecular complexity index is 783. The number of carbonyl (C=O) groups excluding carboxylic acids is 4. The molecule has 34 heavy (non-hydrogen) atoms. The largest absolute Gasteiger partial charge is 0.388 e. The molecule has 0 aromatic heterocycles. The summed E-state index contributed by atoms with van der Waals surface area (Å²) in [6, 6.07) is -0.880. The third kappa shape index (κ3) is 6.33. The third-order valence-corrected chi connectivity index (χ3v) is 7.10. The number of aliphatic hydroxyl groups excluding tert-OH is 2. The molecule has 3 amide bonds. The molecule has 2 bridgehead atoms. The topological polar surface area (TPSA) is 161 Å². The van der Waals surface area contributed by atoms with Gasteiger partial charge in [-0.05, 0) is 6.92 Å². The van der Waals surface area contributed by atoms with Crippen LogP contribution in [0.25, 0.3) is 0 Å². The van der Waals surface area contributed by atoms with Gasteiger partial charge in [0.05, 0.1) is 44.8 Å². The Balaban J connectivity index is 1.32. The lowest BCUT2D eigenvalue weighted by molar-refractivity contribution is -0.238. The van der Waals surface area contributed by atoms with Crippen LogP contribution in [0.1, 0.15) is 26.7 Å². The van der Waals surface area contributed by atoms with Crippen LogP contribution < -0.4 is 5.32 Å². The summed E-state index contributed by atoms with van der Waals surface area (Å²) < 4.78 is 22.3. The number of likely N-dealkylation sites (tertiary alicyclic amines) is 1. The van der Waals surface area contributed by atoms with Gasteiger partial charge in [-0.15, -0.1) is 11.8 Å². The van der Waals surface area contributed by atoms with Crippen molar-refractivity contribution in [2.45, 2.75) is 62.1 Å². The number of amides is 3. The lowest BCUT2D eigenvalue weighted by Crippen LogP contribution is -2.66. The molecule has 3 aliphatic heterocycles. The number of hydrogen-bond donors (Lipinski definition) is 3. The number of hydrogen-bond acceptors (Lipinski definition) is 11. The summed E-state index contributed by atoms with van der Waals surface area (Å²) in [4.78, 5) is 48.0. The summed E-state index contributed by atoms with van der Waals surface area (Å²) in [5.74, 6) is -0.327. The number of carbonyl (C=O) groups is 4. The first kappa shape index (κ1) is 27.0. The van der Waals surface area contributed by atoms with Crippen LogP contribution in [0.5, 0.6) is 0 Å². The van der Waals surface area contributed by atoms with E-state index in [9.17, 15) is 29.4 Å². The zero-order chi connectivity index (χ0) is 24.9. The lowest BCUT2D eigenvalue weighted by Gasteiger charge is -2.42. The molecule has 0 aromatic rings. The highest BCUT2D eigenvalue weighted by molar-refractivity contribution is 8.00. The minimum absolute atomic E-state index is 0.00237. The van der Waals surface area contributed by atoms with Crippen LogP contribution in [0, 0.1) is 0 Å². The van der Waals surface area contributed by atoms with Crippen molar-refractivity contribution >= 4 is 35.3 Å². The summed E-state index contributed by atoms with van der Waals surface area (Å²) in [6.45, 7) is 3.35. The number of Topliss-reactive ketones (excluding diaryl/α,β-unsaturated/α-hetero) is 1. The van der Waals surface area contributed by atoms with E-state index in [1.54, 1.807) is 0 Å².